The Labute approximate surface area is 127 Å². The van der Waals surface area contributed by atoms with Crippen molar-refractivity contribution in [1.82, 2.24) is 10.2 Å². The summed E-state index contributed by atoms with van der Waals surface area (Å²) in [5.74, 6) is -0.178. The van der Waals surface area contributed by atoms with E-state index in [0.717, 1.165) is 13.0 Å². The number of sulfone groups is 1. The molecule has 1 amide bonds. The Hall–Kier alpha value is -1.40. The van der Waals surface area contributed by atoms with Gasteiger partial charge in [0, 0.05) is 12.1 Å². The van der Waals surface area contributed by atoms with Crippen LogP contribution in [-0.2, 0) is 9.84 Å². The van der Waals surface area contributed by atoms with E-state index in [4.69, 9.17) is 0 Å². The highest BCUT2D eigenvalue weighted by Gasteiger charge is 2.19. The largest absolute Gasteiger partial charge is 0.352 e. The van der Waals surface area contributed by atoms with Crippen LogP contribution in [0.25, 0.3) is 0 Å². The summed E-state index contributed by atoms with van der Waals surface area (Å²) in [6, 6.07) is 6.08. The van der Waals surface area contributed by atoms with Gasteiger partial charge in [0.05, 0.1) is 10.1 Å². The van der Waals surface area contributed by atoms with Gasteiger partial charge in [-0.2, -0.15) is 0 Å². The molecule has 1 aromatic carbocycles. The maximum Gasteiger partial charge on any atom is 0.251 e. The van der Waals surface area contributed by atoms with Gasteiger partial charge in [-0.3, -0.25) is 4.79 Å². The molecule has 21 heavy (non-hydrogen) atoms. The Morgan fingerprint density at radius 1 is 1.19 bits per heavy atom. The van der Waals surface area contributed by atoms with Gasteiger partial charge in [-0.1, -0.05) is 0 Å². The van der Waals surface area contributed by atoms with E-state index >= 15 is 0 Å². The van der Waals surface area contributed by atoms with E-state index in [1.165, 1.54) is 12.1 Å². The number of rotatable bonds is 7. The van der Waals surface area contributed by atoms with Crippen molar-refractivity contribution in [3.05, 3.63) is 29.8 Å². The first-order valence-electron chi connectivity index (χ1n) is 7.02. The van der Waals surface area contributed by atoms with Gasteiger partial charge >= 0.3 is 0 Å². The van der Waals surface area contributed by atoms with Crippen LogP contribution in [0.5, 0.6) is 0 Å². The number of hydrogen-bond donors (Lipinski definition) is 1. The molecule has 0 spiro atoms. The number of carbonyl (C=O) groups is 1. The molecule has 5 nitrogen and oxygen atoms in total. The van der Waals surface area contributed by atoms with Crippen molar-refractivity contribution in [2.45, 2.75) is 30.4 Å². The van der Waals surface area contributed by atoms with Crippen LogP contribution in [0.15, 0.2) is 29.2 Å². The minimum absolute atomic E-state index is 0.178. The zero-order chi connectivity index (χ0) is 16.0. The third-order valence-electron chi connectivity index (χ3n) is 3.13. The number of carbonyl (C=O) groups excluding carboxylic acids is 1. The summed E-state index contributed by atoms with van der Waals surface area (Å²) in [6.45, 7) is 4.79. The molecule has 1 rings (SSSR count). The van der Waals surface area contributed by atoms with E-state index in [0.29, 0.717) is 12.1 Å². The minimum atomic E-state index is -3.29. The highest BCUT2D eigenvalue weighted by atomic mass is 32.2. The van der Waals surface area contributed by atoms with Crippen LogP contribution in [0.2, 0.25) is 0 Å². The zero-order valence-corrected chi connectivity index (χ0v) is 13.9. The van der Waals surface area contributed by atoms with Gasteiger partial charge in [0.2, 0.25) is 0 Å². The second-order valence-electron chi connectivity index (χ2n) is 5.53. The van der Waals surface area contributed by atoms with E-state index in [1.54, 1.807) is 26.0 Å². The van der Waals surface area contributed by atoms with Crippen molar-refractivity contribution in [2.75, 3.05) is 27.2 Å². The van der Waals surface area contributed by atoms with Gasteiger partial charge in [-0.25, -0.2) is 8.42 Å². The molecule has 1 aromatic rings. The number of amides is 1. The van der Waals surface area contributed by atoms with Gasteiger partial charge in [0.1, 0.15) is 0 Å². The van der Waals surface area contributed by atoms with Crippen LogP contribution in [0.3, 0.4) is 0 Å². The normalized spacial score (nSPS) is 11.9. The summed E-state index contributed by atoms with van der Waals surface area (Å²) in [6.07, 6.45) is 0.874. The molecule has 118 valence electrons. The van der Waals surface area contributed by atoms with Gasteiger partial charge in [0.25, 0.3) is 5.91 Å². The van der Waals surface area contributed by atoms with Crippen LogP contribution in [0.4, 0.5) is 0 Å². The fourth-order valence-electron chi connectivity index (χ4n) is 1.77. The monoisotopic (exact) mass is 312 g/mol. The lowest BCUT2D eigenvalue weighted by atomic mass is 10.2. The Balaban J connectivity index is 2.64. The molecule has 0 aliphatic carbocycles. The average molecular weight is 312 g/mol. The molecule has 6 heteroatoms. The van der Waals surface area contributed by atoms with E-state index in [9.17, 15) is 13.2 Å². The summed E-state index contributed by atoms with van der Waals surface area (Å²) in [5, 5.41) is 2.35. The maximum absolute atomic E-state index is 12.0. The maximum atomic E-state index is 12.0. The van der Waals surface area contributed by atoms with Gasteiger partial charge < -0.3 is 10.2 Å². The van der Waals surface area contributed by atoms with E-state index in [-0.39, 0.29) is 10.8 Å². The third kappa shape index (κ3) is 5.13. The summed E-state index contributed by atoms with van der Waals surface area (Å²) in [5.41, 5.74) is 0.475. The SMILES string of the molecule is CC(C)S(=O)(=O)c1ccc(C(=O)NCCCN(C)C)cc1. The minimum Gasteiger partial charge on any atom is -0.352 e. The molecular formula is C15H24N2O3S. The predicted octanol–water partition coefficient (Wildman–Crippen LogP) is 1.55. The number of benzene rings is 1. The average Bonchev–Trinajstić information content (AvgIpc) is 2.43. The van der Waals surface area contributed by atoms with Crippen LogP contribution in [-0.4, -0.2) is 51.7 Å². The Morgan fingerprint density at radius 2 is 1.76 bits per heavy atom. The fourth-order valence-corrected chi connectivity index (χ4v) is 2.83. The Morgan fingerprint density at radius 3 is 2.24 bits per heavy atom. The Bertz CT molecular complexity index is 563. The zero-order valence-electron chi connectivity index (χ0n) is 13.1. The van der Waals surface area contributed by atoms with E-state index in [2.05, 4.69) is 10.2 Å². The number of nitrogens with one attached hydrogen (secondary N) is 1. The summed E-state index contributed by atoms with van der Waals surface area (Å²) in [7, 11) is 0.677. The first-order chi connectivity index (χ1) is 9.75. The topological polar surface area (TPSA) is 66.5 Å². The molecule has 0 aliphatic rings. The Kier molecular flexibility index (Phi) is 6.36. The van der Waals surface area contributed by atoms with Crippen molar-refractivity contribution in [3.8, 4) is 0 Å². The van der Waals surface area contributed by atoms with Crippen LogP contribution in [0, 0.1) is 0 Å². The van der Waals surface area contributed by atoms with Gasteiger partial charge in [-0.15, -0.1) is 0 Å². The second-order valence-corrected chi connectivity index (χ2v) is 8.04. The van der Waals surface area contributed by atoms with Crippen LogP contribution >= 0.6 is 0 Å². The summed E-state index contributed by atoms with van der Waals surface area (Å²) in [4.78, 5) is 14.2. The molecule has 0 aromatic heterocycles. The van der Waals surface area contributed by atoms with Gasteiger partial charge in [-0.05, 0) is 65.2 Å². The molecule has 0 unspecified atom stereocenters. The number of hydrogen-bond acceptors (Lipinski definition) is 4. The predicted molar refractivity (Wildman–Crippen MR) is 84.3 cm³/mol. The van der Waals surface area contributed by atoms with Crippen molar-refractivity contribution < 1.29 is 13.2 Å². The standard InChI is InChI=1S/C15H24N2O3S/c1-12(2)21(19,20)14-8-6-13(7-9-14)15(18)16-10-5-11-17(3)4/h6-9,12H,5,10-11H2,1-4H3,(H,16,18). The molecule has 0 saturated carbocycles. The molecular weight excluding hydrogens is 288 g/mol. The first kappa shape index (κ1) is 17.7. The highest BCUT2D eigenvalue weighted by molar-refractivity contribution is 7.92. The molecule has 0 aliphatic heterocycles. The molecule has 0 heterocycles. The van der Waals surface area contributed by atoms with Crippen molar-refractivity contribution in [1.29, 1.82) is 0 Å². The molecule has 0 saturated heterocycles. The molecule has 0 fully saturated rings. The van der Waals surface area contributed by atoms with Crippen LogP contribution in [0.1, 0.15) is 30.6 Å². The fraction of sp³-hybridized carbons (Fsp3) is 0.533. The lowest BCUT2D eigenvalue weighted by Crippen LogP contribution is -2.27. The van der Waals surface area contributed by atoms with Crippen molar-refractivity contribution in [2.24, 2.45) is 0 Å². The molecule has 0 atom stereocenters. The lowest BCUT2D eigenvalue weighted by Gasteiger charge is -2.11. The van der Waals surface area contributed by atoms with Crippen molar-refractivity contribution in [3.63, 3.8) is 0 Å². The van der Waals surface area contributed by atoms with E-state index in [1.807, 2.05) is 14.1 Å². The second kappa shape index (κ2) is 7.56. The number of nitrogens with zero attached hydrogens (tertiary/aromatic N) is 1. The van der Waals surface area contributed by atoms with Crippen molar-refractivity contribution >= 4 is 15.7 Å². The van der Waals surface area contributed by atoms with Crippen LogP contribution < -0.4 is 5.32 Å². The third-order valence-corrected chi connectivity index (χ3v) is 5.30. The summed E-state index contributed by atoms with van der Waals surface area (Å²) >= 11 is 0. The smallest absolute Gasteiger partial charge is 0.251 e. The molecule has 1 N–H and O–H groups in total. The first-order valence-corrected chi connectivity index (χ1v) is 8.56. The van der Waals surface area contributed by atoms with E-state index < -0.39 is 15.1 Å². The molecule has 0 radical (unpaired) electrons. The lowest BCUT2D eigenvalue weighted by molar-refractivity contribution is 0.0952. The van der Waals surface area contributed by atoms with Gasteiger partial charge in [0.15, 0.2) is 9.84 Å². The highest BCUT2D eigenvalue weighted by Crippen LogP contribution is 2.16. The molecule has 0 bridgehead atoms. The quantitative estimate of drug-likeness (QED) is 0.776. The summed E-state index contributed by atoms with van der Waals surface area (Å²) < 4.78 is 24.0.